The first-order chi connectivity index (χ1) is 13.3. The van der Waals surface area contributed by atoms with Crippen LogP contribution < -0.4 is 5.32 Å². The van der Waals surface area contributed by atoms with Crippen molar-refractivity contribution in [1.82, 2.24) is 4.31 Å². The van der Waals surface area contributed by atoms with Gasteiger partial charge in [-0.05, 0) is 57.0 Å². The summed E-state index contributed by atoms with van der Waals surface area (Å²) in [6.45, 7) is 4.13. The highest BCUT2D eigenvalue weighted by Crippen LogP contribution is 2.22. The molecule has 0 bridgehead atoms. The molecule has 0 spiro atoms. The first kappa shape index (κ1) is 20.1. The lowest BCUT2D eigenvalue weighted by molar-refractivity contribution is -0.123. The fourth-order valence-electron chi connectivity index (χ4n) is 2.91. The Kier molecular flexibility index (Phi) is 5.85. The molecule has 28 heavy (non-hydrogen) atoms. The summed E-state index contributed by atoms with van der Waals surface area (Å²) in [4.78, 5) is 24.5. The van der Waals surface area contributed by atoms with Crippen molar-refractivity contribution < 1.29 is 27.2 Å². The minimum Gasteiger partial charge on any atom is -0.469 e. The molecule has 2 aromatic rings. The molecule has 1 atom stereocenters. The molecule has 0 saturated carbocycles. The van der Waals surface area contributed by atoms with Crippen LogP contribution in [0.4, 0.5) is 5.69 Å². The summed E-state index contributed by atoms with van der Waals surface area (Å²) in [6, 6.07) is 7.40. The van der Waals surface area contributed by atoms with E-state index in [1.807, 2.05) is 0 Å². The van der Waals surface area contributed by atoms with Gasteiger partial charge in [0.2, 0.25) is 10.0 Å². The third-order valence-corrected chi connectivity index (χ3v) is 6.47. The number of rotatable bonds is 6. The number of hydrogen-bond donors (Lipinski definition) is 1. The van der Waals surface area contributed by atoms with Crippen molar-refractivity contribution in [1.29, 1.82) is 0 Å². The van der Waals surface area contributed by atoms with E-state index in [9.17, 15) is 18.0 Å². The minimum absolute atomic E-state index is 0.183. The van der Waals surface area contributed by atoms with Crippen molar-refractivity contribution in [2.75, 3.05) is 18.4 Å². The molecule has 0 aliphatic carbocycles. The Morgan fingerprint density at radius 2 is 1.79 bits per heavy atom. The van der Waals surface area contributed by atoms with Crippen LogP contribution in [0.1, 0.15) is 35.9 Å². The van der Waals surface area contributed by atoms with E-state index in [-0.39, 0.29) is 10.5 Å². The van der Waals surface area contributed by atoms with E-state index in [0.717, 1.165) is 12.8 Å². The number of furan rings is 1. The van der Waals surface area contributed by atoms with E-state index in [1.165, 1.54) is 47.8 Å². The maximum Gasteiger partial charge on any atom is 0.342 e. The van der Waals surface area contributed by atoms with E-state index in [1.54, 1.807) is 6.92 Å². The van der Waals surface area contributed by atoms with Crippen molar-refractivity contribution in [3.05, 3.63) is 47.9 Å². The minimum atomic E-state index is -3.50. The van der Waals surface area contributed by atoms with E-state index < -0.39 is 28.0 Å². The van der Waals surface area contributed by atoms with E-state index in [0.29, 0.717) is 24.5 Å². The van der Waals surface area contributed by atoms with Crippen molar-refractivity contribution in [2.24, 2.45) is 0 Å². The van der Waals surface area contributed by atoms with Crippen LogP contribution in [0, 0.1) is 6.92 Å². The maximum absolute atomic E-state index is 12.5. The van der Waals surface area contributed by atoms with Gasteiger partial charge >= 0.3 is 5.97 Å². The number of ether oxygens (including phenoxy) is 1. The zero-order valence-electron chi connectivity index (χ0n) is 15.7. The average Bonchev–Trinajstić information content (AvgIpc) is 3.34. The number of hydrogen-bond acceptors (Lipinski definition) is 6. The van der Waals surface area contributed by atoms with Crippen molar-refractivity contribution >= 4 is 27.6 Å². The average molecular weight is 406 g/mol. The second kappa shape index (κ2) is 8.15. The zero-order valence-corrected chi connectivity index (χ0v) is 16.5. The quantitative estimate of drug-likeness (QED) is 0.739. The van der Waals surface area contributed by atoms with Gasteiger partial charge in [0, 0.05) is 18.8 Å². The van der Waals surface area contributed by atoms with Gasteiger partial charge in [0.1, 0.15) is 11.3 Å². The third kappa shape index (κ3) is 4.26. The summed E-state index contributed by atoms with van der Waals surface area (Å²) < 4.78 is 36.7. The maximum atomic E-state index is 12.5. The highest BCUT2D eigenvalue weighted by Gasteiger charge is 2.27. The second-order valence-corrected chi connectivity index (χ2v) is 8.50. The zero-order chi connectivity index (χ0) is 20.3. The van der Waals surface area contributed by atoms with Crippen LogP contribution in [0.5, 0.6) is 0 Å². The molecule has 1 aliphatic heterocycles. The number of nitrogens with one attached hydrogen (secondary N) is 1. The molecule has 9 heteroatoms. The SMILES string of the molecule is Cc1occc1C(=O)O[C@@H](C)C(=O)Nc1ccc(S(=O)(=O)N2CCCC2)cc1. The number of benzene rings is 1. The molecule has 150 valence electrons. The van der Waals surface area contributed by atoms with Gasteiger partial charge in [-0.1, -0.05) is 0 Å². The van der Waals surface area contributed by atoms with E-state index in [2.05, 4.69) is 5.32 Å². The Bertz CT molecular complexity index is 959. The molecular formula is C19H22N2O6S. The molecule has 1 aliphatic rings. The number of amides is 1. The predicted molar refractivity (Wildman–Crippen MR) is 101 cm³/mol. The first-order valence-corrected chi connectivity index (χ1v) is 10.4. The molecule has 0 radical (unpaired) electrons. The number of carbonyl (C=O) groups excluding carboxylic acids is 2. The van der Waals surface area contributed by atoms with E-state index in [4.69, 9.17) is 9.15 Å². The van der Waals surface area contributed by atoms with E-state index >= 15 is 0 Å². The molecule has 1 aromatic heterocycles. The lowest BCUT2D eigenvalue weighted by atomic mass is 10.2. The van der Waals surface area contributed by atoms with Crippen LogP contribution >= 0.6 is 0 Å². The molecule has 1 N–H and O–H groups in total. The van der Waals surface area contributed by atoms with Crippen molar-refractivity contribution in [3.8, 4) is 0 Å². The normalized spacial score (nSPS) is 15.9. The van der Waals surface area contributed by atoms with Gasteiger partial charge in [0.25, 0.3) is 5.91 Å². The predicted octanol–water partition coefficient (Wildman–Crippen LogP) is 2.56. The van der Waals surface area contributed by atoms with Crippen molar-refractivity contribution in [2.45, 2.75) is 37.7 Å². The van der Waals surface area contributed by atoms with Crippen LogP contribution in [0.2, 0.25) is 0 Å². The number of aryl methyl sites for hydroxylation is 1. The number of anilines is 1. The van der Waals surface area contributed by atoms with Crippen LogP contribution in [0.3, 0.4) is 0 Å². The van der Waals surface area contributed by atoms with Crippen LogP contribution in [-0.4, -0.2) is 43.8 Å². The summed E-state index contributed by atoms with van der Waals surface area (Å²) in [6.07, 6.45) is 2.06. The van der Waals surface area contributed by atoms with Crippen LogP contribution in [0.15, 0.2) is 45.9 Å². The topological polar surface area (TPSA) is 106 Å². The molecule has 2 heterocycles. The molecular weight excluding hydrogens is 384 g/mol. The summed E-state index contributed by atoms with van der Waals surface area (Å²) in [5.74, 6) is -0.766. The molecule has 3 rings (SSSR count). The fraction of sp³-hybridized carbons (Fsp3) is 0.368. The largest absolute Gasteiger partial charge is 0.469 e. The summed E-state index contributed by atoms with van der Waals surface area (Å²) in [5, 5.41) is 2.61. The van der Waals surface area contributed by atoms with Gasteiger partial charge in [-0.25, -0.2) is 13.2 Å². The first-order valence-electron chi connectivity index (χ1n) is 8.95. The molecule has 1 saturated heterocycles. The number of carbonyl (C=O) groups is 2. The number of nitrogens with zero attached hydrogens (tertiary/aromatic N) is 1. The Labute approximate surface area is 163 Å². The Morgan fingerprint density at radius 1 is 1.14 bits per heavy atom. The number of sulfonamides is 1. The second-order valence-electron chi connectivity index (χ2n) is 6.56. The van der Waals surface area contributed by atoms with Gasteiger partial charge in [0.05, 0.1) is 11.2 Å². The molecule has 8 nitrogen and oxygen atoms in total. The highest BCUT2D eigenvalue weighted by atomic mass is 32.2. The smallest absolute Gasteiger partial charge is 0.342 e. The molecule has 1 amide bonds. The third-order valence-electron chi connectivity index (χ3n) is 4.56. The van der Waals surface area contributed by atoms with Gasteiger partial charge in [-0.2, -0.15) is 4.31 Å². The van der Waals surface area contributed by atoms with Crippen LogP contribution in [-0.2, 0) is 19.6 Å². The Balaban J connectivity index is 1.61. The Hall–Kier alpha value is -2.65. The highest BCUT2D eigenvalue weighted by molar-refractivity contribution is 7.89. The van der Waals surface area contributed by atoms with Gasteiger partial charge < -0.3 is 14.5 Å². The fourth-order valence-corrected chi connectivity index (χ4v) is 4.42. The monoisotopic (exact) mass is 406 g/mol. The lowest BCUT2D eigenvalue weighted by Crippen LogP contribution is -2.30. The van der Waals surface area contributed by atoms with Crippen molar-refractivity contribution in [3.63, 3.8) is 0 Å². The molecule has 1 fully saturated rings. The summed E-state index contributed by atoms with van der Waals surface area (Å²) >= 11 is 0. The van der Waals surface area contributed by atoms with Crippen LogP contribution in [0.25, 0.3) is 0 Å². The molecule has 1 aromatic carbocycles. The van der Waals surface area contributed by atoms with Gasteiger partial charge in [0.15, 0.2) is 6.10 Å². The standard InChI is InChI=1S/C19H22N2O6S/c1-13-17(9-12-26-13)19(23)27-14(2)18(22)20-15-5-7-16(8-6-15)28(24,25)21-10-3-4-11-21/h5-9,12,14H,3-4,10-11H2,1-2H3,(H,20,22)/t14-/m0/s1. The number of esters is 1. The van der Waals surface area contributed by atoms with Gasteiger partial charge in [-0.15, -0.1) is 0 Å². The Morgan fingerprint density at radius 3 is 2.36 bits per heavy atom. The lowest BCUT2D eigenvalue weighted by Gasteiger charge is -2.16. The molecule has 0 unspecified atom stereocenters. The van der Waals surface area contributed by atoms with Gasteiger partial charge in [-0.3, -0.25) is 4.79 Å². The summed E-state index contributed by atoms with van der Waals surface area (Å²) in [7, 11) is -3.50. The summed E-state index contributed by atoms with van der Waals surface area (Å²) in [5.41, 5.74) is 0.670.